The monoisotopic (exact) mass is 160 g/mol. The zero-order chi connectivity index (χ0) is 8.49. The average Bonchev–Trinajstić information content (AvgIpc) is 2.05. The van der Waals surface area contributed by atoms with E-state index in [-0.39, 0.29) is 0 Å². The first-order valence-corrected chi connectivity index (χ1v) is 4.63. The van der Waals surface area contributed by atoms with Crippen LogP contribution < -0.4 is 0 Å². The molecule has 0 aromatic carbocycles. The third-order valence-electron chi connectivity index (χ3n) is 1.77. The lowest BCUT2D eigenvalue weighted by atomic mass is 10.2. The van der Waals surface area contributed by atoms with Gasteiger partial charge in [0.25, 0.3) is 0 Å². The Bertz CT molecular complexity index is 182. The average molecular weight is 160 g/mol. The van der Waals surface area contributed by atoms with Crippen LogP contribution in [0.5, 0.6) is 0 Å². The van der Waals surface area contributed by atoms with E-state index in [0.29, 0.717) is 0 Å². The number of rotatable bonds is 0. The highest BCUT2D eigenvalue weighted by atomic mass is 13.9. The van der Waals surface area contributed by atoms with Gasteiger partial charge in [-0.1, -0.05) is 48.6 Å². The van der Waals surface area contributed by atoms with Crippen LogP contribution in [0, 0.1) is 0 Å². The van der Waals surface area contributed by atoms with Crippen molar-refractivity contribution in [2.75, 3.05) is 0 Å². The normalized spacial score (nSPS) is 29.3. The molecule has 0 heterocycles. The molecular weight excluding hydrogens is 144 g/mol. The summed E-state index contributed by atoms with van der Waals surface area (Å²) in [5.74, 6) is 0. The molecule has 0 unspecified atom stereocenters. The number of hydrogen-bond donors (Lipinski definition) is 0. The Morgan fingerprint density at radius 2 is 0.833 bits per heavy atom. The highest BCUT2D eigenvalue weighted by Crippen LogP contribution is 1.99. The molecule has 0 nitrogen and oxygen atoms in total. The van der Waals surface area contributed by atoms with Crippen molar-refractivity contribution in [2.45, 2.75) is 25.7 Å². The third-order valence-corrected chi connectivity index (χ3v) is 1.77. The van der Waals surface area contributed by atoms with Crippen LogP contribution in [-0.2, 0) is 0 Å². The fourth-order valence-electron chi connectivity index (χ4n) is 1.10. The van der Waals surface area contributed by atoms with Gasteiger partial charge in [-0.05, 0) is 25.7 Å². The second-order valence-electron chi connectivity index (χ2n) is 2.87. The van der Waals surface area contributed by atoms with Gasteiger partial charge in [-0.25, -0.2) is 0 Å². The van der Waals surface area contributed by atoms with Gasteiger partial charge in [0, 0.05) is 0 Å². The fraction of sp³-hybridized carbons (Fsp3) is 0.333. The summed E-state index contributed by atoms with van der Waals surface area (Å²) in [7, 11) is 0. The van der Waals surface area contributed by atoms with Crippen LogP contribution in [0.4, 0.5) is 0 Å². The van der Waals surface area contributed by atoms with Gasteiger partial charge in [0.2, 0.25) is 0 Å². The molecule has 0 heteroatoms. The Labute approximate surface area is 75.0 Å². The summed E-state index contributed by atoms with van der Waals surface area (Å²) in [6.45, 7) is 0. The largest absolute Gasteiger partial charge is 0.0882 e. The highest BCUT2D eigenvalue weighted by molar-refractivity contribution is 5.11. The van der Waals surface area contributed by atoms with E-state index in [9.17, 15) is 0 Å². The van der Waals surface area contributed by atoms with Crippen LogP contribution in [0.3, 0.4) is 0 Å². The topological polar surface area (TPSA) is 0 Å². The van der Waals surface area contributed by atoms with Crippen molar-refractivity contribution in [1.82, 2.24) is 0 Å². The van der Waals surface area contributed by atoms with Crippen molar-refractivity contribution < 1.29 is 0 Å². The smallest absolute Gasteiger partial charge is 0.0313 e. The van der Waals surface area contributed by atoms with Crippen LogP contribution >= 0.6 is 0 Å². The fourth-order valence-corrected chi connectivity index (χ4v) is 1.10. The molecule has 0 saturated heterocycles. The van der Waals surface area contributed by atoms with E-state index < -0.39 is 0 Å². The maximum absolute atomic E-state index is 2.27. The molecule has 12 heavy (non-hydrogen) atoms. The zero-order valence-electron chi connectivity index (χ0n) is 7.45. The molecule has 0 N–H and O–H groups in total. The Morgan fingerprint density at radius 1 is 0.417 bits per heavy atom. The van der Waals surface area contributed by atoms with E-state index in [0.717, 1.165) is 12.8 Å². The van der Waals surface area contributed by atoms with Crippen LogP contribution in [0.15, 0.2) is 48.6 Å². The molecule has 0 aliphatic heterocycles. The molecule has 1 rings (SSSR count). The second-order valence-corrected chi connectivity index (χ2v) is 2.87. The van der Waals surface area contributed by atoms with Crippen molar-refractivity contribution in [3.63, 3.8) is 0 Å². The predicted molar refractivity (Wildman–Crippen MR) is 55.0 cm³/mol. The Hall–Kier alpha value is -1.04. The van der Waals surface area contributed by atoms with Gasteiger partial charge in [0.15, 0.2) is 0 Å². The minimum atomic E-state index is 1.16. The first kappa shape index (κ1) is 9.05. The molecular formula is C12H16. The lowest BCUT2D eigenvalue weighted by Gasteiger charge is -1.89. The van der Waals surface area contributed by atoms with E-state index in [1.165, 1.54) is 12.8 Å². The summed E-state index contributed by atoms with van der Waals surface area (Å²) in [4.78, 5) is 0. The van der Waals surface area contributed by atoms with E-state index in [1.807, 2.05) is 0 Å². The molecule has 1 aliphatic rings. The minimum absolute atomic E-state index is 1.16. The number of hydrogen-bond acceptors (Lipinski definition) is 0. The summed E-state index contributed by atoms with van der Waals surface area (Å²) in [6.07, 6.45) is 22.0. The van der Waals surface area contributed by atoms with Crippen molar-refractivity contribution in [1.29, 1.82) is 0 Å². The summed E-state index contributed by atoms with van der Waals surface area (Å²) >= 11 is 0. The van der Waals surface area contributed by atoms with Gasteiger partial charge in [0.05, 0.1) is 0 Å². The molecule has 64 valence electrons. The molecule has 0 spiro atoms. The van der Waals surface area contributed by atoms with Gasteiger partial charge in [-0.3, -0.25) is 0 Å². The van der Waals surface area contributed by atoms with Crippen LogP contribution in [0.25, 0.3) is 0 Å². The van der Waals surface area contributed by atoms with E-state index in [1.54, 1.807) is 0 Å². The first-order chi connectivity index (χ1) is 6.00. The van der Waals surface area contributed by atoms with Crippen LogP contribution in [0.1, 0.15) is 25.7 Å². The highest BCUT2D eigenvalue weighted by Gasteiger charge is 1.78. The third kappa shape index (κ3) is 4.73. The predicted octanol–water partition coefficient (Wildman–Crippen LogP) is 3.79. The molecule has 0 aromatic rings. The summed E-state index contributed by atoms with van der Waals surface area (Å²) in [5.41, 5.74) is 0. The molecule has 0 radical (unpaired) electrons. The lowest BCUT2D eigenvalue weighted by Crippen LogP contribution is -1.68. The first-order valence-electron chi connectivity index (χ1n) is 4.63. The van der Waals surface area contributed by atoms with Crippen molar-refractivity contribution in [3.8, 4) is 0 Å². The zero-order valence-corrected chi connectivity index (χ0v) is 7.45. The van der Waals surface area contributed by atoms with E-state index >= 15 is 0 Å². The van der Waals surface area contributed by atoms with Crippen molar-refractivity contribution in [3.05, 3.63) is 48.6 Å². The second kappa shape index (κ2) is 6.66. The Balaban J connectivity index is 2.42. The molecule has 0 fully saturated rings. The lowest BCUT2D eigenvalue weighted by molar-refractivity contribution is 1.00. The molecule has 0 aromatic heterocycles. The van der Waals surface area contributed by atoms with Gasteiger partial charge in [-0.2, -0.15) is 0 Å². The number of allylic oxidation sites excluding steroid dienone is 8. The molecule has 0 saturated carbocycles. The van der Waals surface area contributed by atoms with Gasteiger partial charge in [-0.15, -0.1) is 0 Å². The molecule has 0 atom stereocenters. The summed E-state index contributed by atoms with van der Waals surface area (Å²) in [6, 6.07) is 0. The molecule has 0 amide bonds. The van der Waals surface area contributed by atoms with Gasteiger partial charge >= 0.3 is 0 Å². The van der Waals surface area contributed by atoms with Gasteiger partial charge < -0.3 is 0 Å². The molecule has 0 bridgehead atoms. The van der Waals surface area contributed by atoms with E-state index in [4.69, 9.17) is 0 Å². The SMILES string of the molecule is C1=C\CC/C=C\CC/C=C/C=C/1. The van der Waals surface area contributed by atoms with Crippen LogP contribution in [-0.4, -0.2) is 0 Å². The standard InChI is InChI=1S/C12H16/c1-2-4-6-8-10-12-11-9-7-5-3-1/h1-6,11-12H,7-10H2/b2-1+,5-3-,6-4+,12-11-. The summed E-state index contributed by atoms with van der Waals surface area (Å²) < 4.78 is 0. The summed E-state index contributed by atoms with van der Waals surface area (Å²) in [5, 5.41) is 0. The minimum Gasteiger partial charge on any atom is -0.0882 e. The Kier molecular flexibility index (Phi) is 5.02. The maximum Gasteiger partial charge on any atom is -0.0313 e. The quantitative estimate of drug-likeness (QED) is 0.473. The Morgan fingerprint density at radius 3 is 1.33 bits per heavy atom. The molecule has 1 aliphatic carbocycles. The van der Waals surface area contributed by atoms with Crippen LogP contribution in [0.2, 0.25) is 0 Å². The maximum atomic E-state index is 2.27. The van der Waals surface area contributed by atoms with Gasteiger partial charge in [0.1, 0.15) is 0 Å². The van der Waals surface area contributed by atoms with Crippen molar-refractivity contribution in [2.24, 2.45) is 0 Å². The van der Waals surface area contributed by atoms with E-state index in [2.05, 4.69) is 48.6 Å². The van der Waals surface area contributed by atoms with Crippen molar-refractivity contribution >= 4 is 0 Å².